The third-order valence-corrected chi connectivity index (χ3v) is 3.97. The molecule has 2 rings (SSSR count). The van der Waals surface area contributed by atoms with E-state index >= 15 is 0 Å². The van der Waals surface area contributed by atoms with Crippen molar-refractivity contribution in [3.05, 3.63) is 35.4 Å². The molecule has 1 aliphatic carbocycles. The average Bonchev–Trinajstić information content (AvgIpc) is 3.22. The summed E-state index contributed by atoms with van der Waals surface area (Å²) in [6, 6.07) is 8.99. The number of hydrogen-bond acceptors (Lipinski definition) is 2. The summed E-state index contributed by atoms with van der Waals surface area (Å²) in [5.74, 6) is 1.44. The van der Waals surface area contributed by atoms with Gasteiger partial charge in [0, 0.05) is 13.1 Å². The predicted molar refractivity (Wildman–Crippen MR) is 77.6 cm³/mol. The Morgan fingerprint density at radius 2 is 1.94 bits per heavy atom. The van der Waals surface area contributed by atoms with Gasteiger partial charge < -0.3 is 5.73 Å². The van der Waals surface area contributed by atoms with Crippen molar-refractivity contribution in [1.82, 2.24) is 4.90 Å². The maximum Gasteiger partial charge on any atom is 0.0233 e. The van der Waals surface area contributed by atoms with Gasteiger partial charge in [-0.3, -0.25) is 4.90 Å². The SMILES string of the molecule is CCN(Cc1ccc(C(C)CN)cc1)CC1CC1. The number of rotatable bonds is 7. The first-order valence-electron chi connectivity index (χ1n) is 7.24. The van der Waals surface area contributed by atoms with E-state index in [2.05, 4.69) is 43.0 Å². The molecule has 0 aliphatic heterocycles. The second-order valence-electron chi connectivity index (χ2n) is 5.65. The molecule has 0 spiro atoms. The van der Waals surface area contributed by atoms with Gasteiger partial charge in [-0.1, -0.05) is 38.1 Å². The second-order valence-corrected chi connectivity index (χ2v) is 5.65. The lowest BCUT2D eigenvalue weighted by Gasteiger charge is -2.20. The minimum absolute atomic E-state index is 0.466. The summed E-state index contributed by atoms with van der Waals surface area (Å²) in [6.07, 6.45) is 2.87. The first-order chi connectivity index (χ1) is 8.72. The van der Waals surface area contributed by atoms with E-state index in [0.717, 1.165) is 25.6 Å². The van der Waals surface area contributed by atoms with E-state index in [4.69, 9.17) is 5.73 Å². The van der Waals surface area contributed by atoms with Gasteiger partial charge in [-0.15, -0.1) is 0 Å². The highest BCUT2D eigenvalue weighted by atomic mass is 15.1. The van der Waals surface area contributed by atoms with Crippen molar-refractivity contribution in [2.45, 2.75) is 39.2 Å². The van der Waals surface area contributed by atoms with Gasteiger partial charge in [0.15, 0.2) is 0 Å². The third kappa shape index (κ3) is 3.82. The summed E-state index contributed by atoms with van der Waals surface area (Å²) in [5, 5.41) is 0. The fourth-order valence-electron chi connectivity index (χ4n) is 2.32. The molecule has 1 aromatic carbocycles. The van der Waals surface area contributed by atoms with Crippen molar-refractivity contribution in [2.75, 3.05) is 19.6 Å². The molecule has 1 saturated carbocycles. The number of nitrogens with zero attached hydrogens (tertiary/aromatic N) is 1. The topological polar surface area (TPSA) is 29.3 Å². The molecule has 1 unspecified atom stereocenters. The summed E-state index contributed by atoms with van der Waals surface area (Å²) < 4.78 is 0. The Morgan fingerprint density at radius 3 is 2.44 bits per heavy atom. The molecule has 0 saturated heterocycles. The molecule has 0 bridgehead atoms. The zero-order valence-electron chi connectivity index (χ0n) is 11.7. The Hall–Kier alpha value is -0.860. The molecule has 100 valence electrons. The molecule has 0 heterocycles. The molecule has 1 aromatic rings. The standard InChI is InChI=1S/C16H26N2/c1-3-18(11-14-4-5-14)12-15-6-8-16(9-7-15)13(2)10-17/h6-9,13-14H,3-5,10-12,17H2,1-2H3. The summed E-state index contributed by atoms with van der Waals surface area (Å²) in [5.41, 5.74) is 8.47. The third-order valence-electron chi connectivity index (χ3n) is 3.97. The Bertz CT molecular complexity index is 354. The Kier molecular flexibility index (Phi) is 4.79. The fraction of sp³-hybridized carbons (Fsp3) is 0.625. The van der Waals surface area contributed by atoms with Gasteiger partial charge in [-0.2, -0.15) is 0 Å². The van der Waals surface area contributed by atoms with Gasteiger partial charge in [0.05, 0.1) is 0 Å². The van der Waals surface area contributed by atoms with Crippen molar-refractivity contribution in [2.24, 2.45) is 11.7 Å². The molecular weight excluding hydrogens is 220 g/mol. The van der Waals surface area contributed by atoms with E-state index in [-0.39, 0.29) is 0 Å². The molecule has 1 aliphatic rings. The highest BCUT2D eigenvalue weighted by Crippen LogP contribution is 2.30. The minimum Gasteiger partial charge on any atom is -0.330 e. The van der Waals surface area contributed by atoms with Gasteiger partial charge in [0.1, 0.15) is 0 Å². The molecule has 18 heavy (non-hydrogen) atoms. The molecule has 2 heteroatoms. The van der Waals surface area contributed by atoms with Crippen LogP contribution in [0.1, 0.15) is 43.7 Å². The molecule has 1 fully saturated rings. The van der Waals surface area contributed by atoms with Crippen LogP contribution in [0.5, 0.6) is 0 Å². The van der Waals surface area contributed by atoms with Crippen molar-refractivity contribution < 1.29 is 0 Å². The van der Waals surface area contributed by atoms with Gasteiger partial charge in [-0.25, -0.2) is 0 Å². The Balaban J connectivity index is 1.91. The van der Waals surface area contributed by atoms with E-state index in [9.17, 15) is 0 Å². The van der Waals surface area contributed by atoms with Crippen LogP contribution in [0.3, 0.4) is 0 Å². The molecule has 1 atom stereocenters. The van der Waals surface area contributed by atoms with Crippen LogP contribution >= 0.6 is 0 Å². The van der Waals surface area contributed by atoms with Crippen LogP contribution in [-0.4, -0.2) is 24.5 Å². The molecule has 2 N–H and O–H groups in total. The zero-order chi connectivity index (χ0) is 13.0. The Labute approximate surface area is 111 Å². The average molecular weight is 246 g/mol. The molecule has 2 nitrogen and oxygen atoms in total. The first-order valence-corrected chi connectivity index (χ1v) is 7.24. The lowest BCUT2D eigenvalue weighted by molar-refractivity contribution is 0.268. The van der Waals surface area contributed by atoms with E-state index in [1.54, 1.807) is 0 Å². The van der Waals surface area contributed by atoms with E-state index in [0.29, 0.717) is 5.92 Å². The number of nitrogens with two attached hydrogens (primary N) is 1. The van der Waals surface area contributed by atoms with Crippen molar-refractivity contribution in [3.63, 3.8) is 0 Å². The predicted octanol–water partition coefficient (Wildman–Crippen LogP) is 2.98. The van der Waals surface area contributed by atoms with Crippen molar-refractivity contribution in [3.8, 4) is 0 Å². The first kappa shape index (κ1) is 13.6. The fourth-order valence-corrected chi connectivity index (χ4v) is 2.32. The van der Waals surface area contributed by atoms with Crippen molar-refractivity contribution in [1.29, 1.82) is 0 Å². The molecular formula is C16H26N2. The van der Waals surface area contributed by atoms with Crippen LogP contribution in [0.4, 0.5) is 0 Å². The minimum atomic E-state index is 0.466. The summed E-state index contributed by atoms with van der Waals surface area (Å²) in [7, 11) is 0. The molecule has 0 aromatic heterocycles. The quantitative estimate of drug-likeness (QED) is 0.801. The van der Waals surface area contributed by atoms with Gasteiger partial charge in [0.2, 0.25) is 0 Å². The monoisotopic (exact) mass is 246 g/mol. The highest BCUT2D eigenvalue weighted by Gasteiger charge is 2.23. The maximum atomic E-state index is 5.70. The summed E-state index contributed by atoms with van der Waals surface area (Å²) >= 11 is 0. The van der Waals surface area contributed by atoms with Crippen LogP contribution in [0.15, 0.2) is 24.3 Å². The van der Waals surface area contributed by atoms with Crippen LogP contribution in [0.2, 0.25) is 0 Å². The maximum absolute atomic E-state index is 5.70. The van der Waals surface area contributed by atoms with Crippen LogP contribution in [0, 0.1) is 5.92 Å². The molecule has 0 amide bonds. The second kappa shape index (κ2) is 6.35. The van der Waals surface area contributed by atoms with E-state index < -0.39 is 0 Å². The lowest BCUT2D eigenvalue weighted by atomic mass is 10.00. The summed E-state index contributed by atoms with van der Waals surface area (Å²) in [4.78, 5) is 2.55. The number of hydrogen-bond donors (Lipinski definition) is 1. The lowest BCUT2D eigenvalue weighted by Crippen LogP contribution is -2.25. The Morgan fingerprint density at radius 1 is 1.28 bits per heavy atom. The normalized spacial score (nSPS) is 17.1. The van der Waals surface area contributed by atoms with E-state index in [1.165, 1.54) is 30.5 Å². The highest BCUT2D eigenvalue weighted by molar-refractivity contribution is 5.25. The largest absolute Gasteiger partial charge is 0.330 e. The zero-order valence-corrected chi connectivity index (χ0v) is 11.7. The smallest absolute Gasteiger partial charge is 0.0233 e. The van der Waals surface area contributed by atoms with Crippen LogP contribution in [-0.2, 0) is 6.54 Å². The van der Waals surface area contributed by atoms with Gasteiger partial charge in [-0.05, 0) is 48.9 Å². The van der Waals surface area contributed by atoms with Crippen molar-refractivity contribution >= 4 is 0 Å². The van der Waals surface area contributed by atoms with Crippen LogP contribution < -0.4 is 5.73 Å². The van der Waals surface area contributed by atoms with Crippen LogP contribution in [0.25, 0.3) is 0 Å². The van der Waals surface area contributed by atoms with E-state index in [1.807, 2.05) is 0 Å². The summed E-state index contributed by atoms with van der Waals surface area (Å²) in [6.45, 7) is 8.68. The number of benzene rings is 1. The molecule has 0 radical (unpaired) electrons. The van der Waals surface area contributed by atoms with Gasteiger partial charge in [0.25, 0.3) is 0 Å². The van der Waals surface area contributed by atoms with Gasteiger partial charge >= 0.3 is 0 Å².